The van der Waals surface area contributed by atoms with E-state index in [-0.39, 0.29) is 0 Å². The van der Waals surface area contributed by atoms with E-state index in [4.69, 9.17) is 0 Å². The fraction of sp³-hybridized carbons (Fsp3) is 0.615. The molecule has 2 aromatic rings. The zero-order valence-corrected chi connectivity index (χ0v) is 12.2. The number of likely N-dealkylation sites (N-methyl/N-ethyl adjacent to an activating group) is 1. The van der Waals surface area contributed by atoms with Crippen LogP contribution in [0.15, 0.2) is 17.8 Å². The van der Waals surface area contributed by atoms with Gasteiger partial charge >= 0.3 is 0 Å². The first-order valence-electron chi connectivity index (χ1n) is 6.59. The lowest BCUT2D eigenvalue weighted by Crippen LogP contribution is -2.38. The molecular weight excluding hydrogens is 244 g/mol. The van der Waals surface area contributed by atoms with Gasteiger partial charge in [-0.05, 0) is 20.0 Å². The summed E-state index contributed by atoms with van der Waals surface area (Å²) < 4.78 is 2.08. The van der Waals surface area contributed by atoms with E-state index in [2.05, 4.69) is 58.1 Å². The highest BCUT2D eigenvalue weighted by molar-refractivity contribution is 7.15. The van der Waals surface area contributed by atoms with Gasteiger partial charge in [0, 0.05) is 36.9 Å². The lowest BCUT2D eigenvalue weighted by molar-refractivity contribution is 0.270. The molecule has 2 heterocycles. The first kappa shape index (κ1) is 13.5. The third kappa shape index (κ3) is 3.31. The molecule has 0 amide bonds. The second-order valence-corrected chi connectivity index (χ2v) is 5.47. The summed E-state index contributed by atoms with van der Waals surface area (Å²) in [6.07, 6.45) is 4.15. The number of aromatic nitrogens is 2. The molecule has 0 aromatic carbocycles. The summed E-state index contributed by atoms with van der Waals surface area (Å²) in [5, 5.41) is 5.59. The minimum atomic E-state index is 0.490. The van der Waals surface area contributed by atoms with Gasteiger partial charge in [0.05, 0.1) is 5.69 Å². The van der Waals surface area contributed by atoms with Crippen LogP contribution in [-0.4, -0.2) is 40.0 Å². The number of hydrogen-bond acceptors (Lipinski definition) is 4. The Balaban J connectivity index is 1.82. The van der Waals surface area contributed by atoms with Crippen LogP contribution in [0.4, 0.5) is 0 Å². The van der Waals surface area contributed by atoms with E-state index in [1.54, 1.807) is 11.3 Å². The number of thiazole rings is 1. The molecule has 1 atom stereocenters. The Hall–Kier alpha value is -0.910. The maximum absolute atomic E-state index is 4.57. The van der Waals surface area contributed by atoms with Gasteiger partial charge in [-0.2, -0.15) is 0 Å². The number of hydrogen-bond donors (Lipinski definition) is 1. The molecule has 0 aliphatic carbocycles. The Morgan fingerprint density at radius 1 is 1.44 bits per heavy atom. The van der Waals surface area contributed by atoms with Crippen LogP contribution in [0.25, 0.3) is 4.96 Å². The highest BCUT2D eigenvalue weighted by atomic mass is 32.1. The minimum Gasteiger partial charge on any atom is -0.307 e. The van der Waals surface area contributed by atoms with Crippen LogP contribution < -0.4 is 5.32 Å². The van der Waals surface area contributed by atoms with Crippen LogP contribution in [0, 0.1) is 0 Å². The van der Waals surface area contributed by atoms with Gasteiger partial charge in [0.15, 0.2) is 4.96 Å². The van der Waals surface area contributed by atoms with Gasteiger partial charge in [-0.15, -0.1) is 11.3 Å². The van der Waals surface area contributed by atoms with Crippen molar-refractivity contribution >= 4 is 16.3 Å². The zero-order chi connectivity index (χ0) is 13.0. The summed E-state index contributed by atoms with van der Waals surface area (Å²) in [6, 6.07) is 0.490. The molecule has 0 radical (unpaired) electrons. The fourth-order valence-electron chi connectivity index (χ4n) is 2.07. The molecule has 2 aromatic heterocycles. The topological polar surface area (TPSA) is 32.6 Å². The van der Waals surface area contributed by atoms with Crippen molar-refractivity contribution in [1.29, 1.82) is 0 Å². The van der Waals surface area contributed by atoms with E-state index in [9.17, 15) is 0 Å². The molecule has 2 rings (SSSR count). The lowest BCUT2D eigenvalue weighted by Gasteiger charge is -2.23. The van der Waals surface area contributed by atoms with Crippen molar-refractivity contribution in [3.63, 3.8) is 0 Å². The molecule has 0 aliphatic heterocycles. The second kappa shape index (κ2) is 6.31. The van der Waals surface area contributed by atoms with Gasteiger partial charge < -0.3 is 10.2 Å². The van der Waals surface area contributed by atoms with Crippen LogP contribution in [0.2, 0.25) is 0 Å². The first-order valence-corrected chi connectivity index (χ1v) is 7.47. The van der Waals surface area contributed by atoms with Gasteiger partial charge in [-0.25, -0.2) is 4.98 Å². The number of nitrogens with zero attached hydrogens (tertiary/aromatic N) is 3. The van der Waals surface area contributed by atoms with Gasteiger partial charge in [0.1, 0.15) is 0 Å². The number of fused-ring (bicyclic) bond motifs is 1. The average molecular weight is 266 g/mol. The van der Waals surface area contributed by atoms with Crippen molar-refractivity contribution in [3.8, 4) is 0 Å². The van der Waals surface area contributed by atoms with E-state index in [0.29, 0.717) is 6.04 Å². The highest BCUT2D eigenvalue weighted by Gasteiger charge is 2.08. The van der Waals surface area contributed by atoms with E-state index in [0.717, 1.165) is 36.8 Å². The van der Waals surface area contributed by atoms with E-state index >= 15 is 0 Å². The van der Waals surface area contributed by atoms with Crippen molar-refractivity contribution in [1.82, 2.24) is 19.6 Å². The van der Waals surface area contributed by atoms with Gasteiger partial charge in [-0.1, -0.05) is 13.8 Å². The van der Waals surface area contributed by atoms with Crippen LogP contribution in [0.1, 0.15) is 26.5 Å². The molecule has 4 nitrogen and oxygen atoms in total. The van der Waals surface area contributed by atoms with E-state index in [1.807, 2.05) is 0 Å². The maximum Gasteiger partial charge on any atom is 0.193 e. The van der Waals surface area contributed by atoms with Crippen molar-refractivity contribution in [2.75, 3.05) is 19.6 Å². The Morgan fingerprint density at radius 3 is 2.89 bits per heavy atom. The summed E-state index contributed by atoms with van der Waals surface area (Å²) in [6.45, 7) is 10.8. The molecule has 0 fully saturated rings. The minimum absolute atomic E-state index is 0.490. The standard InChI is InChI=1S/C13H22N4S/c1-4-16(5-2)9-11(3)14-8-12-10-17-6-7-18-13(17)15-12/h6-7,10-11,14H,4-5,8-9H2,1-3H3. The fourth-order valence-corrected chi connectivity index (χ4v) is 2.79. The second-order valence-electron chi connectivity index (χ2n) is 4.59. The molecule has 1 N–H and O–H groups in total. The van der Waals surface area contributed by atoms with Crippen LogP contribution in [-0.2, 0) is 6.54 Å². The molecule has 0 spiro atoms. The predicted molar refractivity (Wildman–Crippen MR) is 77.2 cm³/mol. The molecule has 1 unspecified atom stereocenters. The molecule has 18 heavy (non-hydrogen) atoms. The van der Waals surface area contributed by atoms with Gasteiger partial charge in [0.2, 0.25) is 0 Å². The Kier molecular flexibility index (Phi) is 4.74. The smallest absolute Gasteiger partial charge is 0.193 e. The van der Waals surface area contributed by atoms with E-state index < -0.39 is 0 Å². The average Bonchev–Trinajstić information content (AvgIpc) is 2.93. The number of imidazole rings is 1. The Labute approximate surface area is 113 Å². The SMILES string of the molecule is CCN(CC)CC(C)NCc1cn2ccsc2n1. The summed E-state index contributed by atoms with van der Waals surface area (Å²) >= 11 is 1.68. The van der Waals surface area contributed by atoms with Crippen LogP contribution in [0.5, 0.6) is 0 Å². The summed E-state index contributed by atoms with van der Waals surface area (Å²) in [7, 11) is 0. The van der Waals surface area contributed by atoms with Gasteiger partial charge in [-0.3, -0.25) is 4.40 Å². The van der Waals surface area contributed by atoms with Crippen molar-refractivity contribution in [3.05, 3.63) is 23.5 Å². The summed E-state index contributed by atoms with van der Waals surface area (Å²) in [5.41, 5.74) is 1.12. The summed E-state index contributed by atoms with van der Waals surface area (Å²) in [5.74, 6) is 0. The van der Waals surface area contributed by atoms with E-state index in [1.165, 1.54) is 0 Å². The molecule has 0 saturated carbocycles. The third-order valence-electron chi connectivity index (χ3n) is 3.20. The quantitative estimate of drug-likeness (QED) is 0.834. The molecular formula is C13H22N4S. The largest absolute Gasteiger partial charge is 0.307 e. The van der Waals surface area contributed by atoms with Crippen molar-refractivity contribution in [2.45, 2.75) is 33.4 Å². The lowest BCUT2D eigenvalue weighted by atomic mass is 10.3. The third-order valence-corrected chi connectivity index (χ3v) is 3.97. The number of rotatable bonds is 7. The molecule has 5 heteroatoms. The molecule has 0 saturated heterocycles. The maximum atomic E-state index is 4.57. The summed E-state index contributed by atoms with van der Waals surface area (Å²) in [4.78, 5) is 8.08. The van der Waals surface area contributed by atoms with Crippen molar-refractivity contribution < 1.29 is 0 Å². The predicted octanol–water partition coefficient (Wildman–Crippen LogP) is 2.22. The normalized spacial score (nSPS) is 13.6. The monoisotopic (exact) mass is 266 g/mol. The molecule has 100 valence electrons. The van der Waals surface area contributed by atoms with Crippen molar-refractivity contribution in [2.24, 2.45) is 0 Å². The molecule has 0 aliphatic rings. The number of nitrogens with one attached hydrogen (secondary N) is 1. The van der Waals surface area contributed by atoms with Crippen LogP contribution >= 0.6 is 11.3 Å². The van der Waals surface area contributed by atoms with Gasteiger partial charge in [0.25, 0.3) is 0 Å². The first-order chi connectivity index (χ1) is 8.72. The molecule has 0 bridgehead atoms. The Morgan fingerprint density at radius 2 is 2.22 bits per heavy atom. The highest BCUT2D eigenvalue weighted by Crippen LogP contribution is 2.11. The van der Waals surface area contributed by atoms with Crippen LogP contribution in [0.3, 0.4) is 0 Å². The zero-order valence-electron chi connectivity index (χ0n) is 11.4. The Bertz CT molecular complexity index is 443.